The minimum atomic E-state index is -0.0270. The summed E-state index contributed by atoms with van der Waals surface area (Å²) >= 11 is 0. The first kappa shape index (κ1) is 23.3. The van der Waals surface area contributed by atoms with Gasteiger partial charge in [0.2, 0.25) is 5.96 Å². The number of aliphatic imine (C=N–C) groups is 1. The van der Waals surface area contributed by atoms with Crippen molar-refractivity contribution in [3.8, 4) is 6.19 Å². The highest BCUT2D eigenvalue weighted by Gasteiger charge is 2.25. The Labute approximate surface area is 199 Å². The summed E-state index contributed by atoms with van der Waals surface area (Å²) < 4.78 is 5.58. The predicted octanol–water partition coefficient (Wildman–Crippen LogP) is 3.29. The lowest BCUT2D eigenvalue weighted by Crippen LogP contribution is -2.48. The summed E-state index contributed by atoms with van der Waals surface area (Å²) in [6.07, 6.45) is 10.00. The van der Waals surface area contributed by atoms with Gasteiger partial charge in [0.15, 0.2) is 12.0 Å². The molecule has 0 aliphatic carbocycles. The number of pyridine rings is 1. The smallest absolute Gasteiger partial charge is 0.290 e. The molecular weight excluding hydrogens is 430 g/mol. The van der Waals surface area contributed by atoms with Crippen molar-refractivity contribution in [1.29, 1.82) is 5.26 Å². The molecule has 0 unspecified atom stereocenters. The summed E-state index contributed by atoms with van der Waals surface area (Å²) in [6.45, 7) is 4.81. The number of amides is 1. The molecule has 0 saturated carbocycles. The van der Waals surface area contributed by atoms with Crippen molar-refractivity contribution in [3.63, 3.8) is 0 Å². The largest absolute Gasteiger partial charge is 0.458 e. The van der Waals surface area contributed by atoms with E-state index < -0.39 is 0 Å². The van der Waals surface area contributed by atoms with Gasteiger partial charge in [0, 0.05) is 61.6 Å². The Hall–Kier alpha value is -3.90. The third-order valence-corrected chi connectivity index (χ3v) is 5.88. The van der Waals surface area contributed by atoms with Crippen LogP contribution >= 0.6 is 0 Å². The first-order chi connectivity index (χ1) is 16.7. The van der Waals surface area contributed by atoms with E-state index in [4.69, 9.17) is 9.68 Å². The van der Waals surface area contributed by atoms with E-state index in [1.165, 1.54) is 0 Å². The number of aromatic nitrogens is 1. The number of nitriles is 1. The summed E-state index contributed by atoms with van der Waals surface area (Å²) in [5.41, 5.74) is 0.828. The molecule has 176 valence electrons. The molecule has 9 heteroatoms. The van der Waals surface area contributed by atoms with Crippen LogP contribution in [0.2, 0.25) is 0 Å². The van der Waals surface area contributed by atoms with Gasteiger partial charge in [0.1, 0.15) is 0 Å². The number of nitrogens with one attached hydrogen (secondary N) is 2. The zero-order chi connectivity index (χ0) is 23.6. The molecule has 1 aromatic carbocycles. The normalized spacial score (nSPS) is 14.7. The Morgan fingerprint density at radius 2 is 1.88 bits per heavy atom. The van der Waals surface area contributed by atoms with Crippen LogP contribution in [0.1, 0.15) is 29.8 Å². The van der Waals surface area contributed by atoms with E-state index in [1.807, 2.05) is 47.5 Å². The molecular formula is C25H29N7O2. The van der Waals surface area contributed by atoms with E-state index in [0.29, 0.717) is 31.4 Å². The van der Waals surface area contributed by atoms with Crippen LogP contribution in [0.25, 0.3) is 10.8 Å². The monoisotopic (exact) mass is 459 g/mol. The fraction of sp³-hybridized carbons (Fsp3) is 0.360. The first-order valence-electron chi connectivity index (χ1n) is 11.6. The van der Waals surface area contributed by atoms with Crippen LogP contribution in [-0.4, -0.2) is 65.9 Å². The second-order valence-corrected chi connectivity index (χ2v) is 8.17. The number of guanidine groups is 1. The molecule has 1 amide bonds. The number of piperazine rings is 1. The SMILES string of the molecule is N#CNC(=NCCCCCN1CCN(C(=O)c2occ3ccccc23)CC1)Nc1ccncc1. The van der Waals surface area contributed by atoms with Crippen molar-refractivity contribution in [3.05, 3.63) is 60.8 Å². The molecule has 0 radical (unpaired) electrons. The molecule has 34 heavy (non-hydrogen) atoms. The molecule has 4 rings (SSSR count). The van der Waals surface area contributed by atoms with Crippen molar-refractivity contribution < 1.29 is 9.21 Å². The number of benzene rings is 1. The number of carbonyl (C=O) groups is 1. The van der Waals surface area contributed by atoms with Gasteiger partial charge < -0.3 is 14.6 Å². The molecule has 1 saturated heterocycles. The Bertz CT molecular complexity index is 1140. The summed E-state index contributed by atoms with van der Waals surface area (Å²) in [6, 6.07) is 11.4. The zero-order valence-corrected chi connectivity index (χ0v) is 19.1. The van der Waals surface area contributed by atoms with Gasteiger partial charge >= 0.3 is 0 Å². The lowest BCUT2D eigenvalue weighted by molar-refractivity contribution is 0.0607. The number of unbranched alkanes of at least 4 members (excludes halogenated alkanes) is 2. The first-order valence-corrected chi connectivity index (χ1v) is 11.6. The van der Waals surface area contributed by atoms with Gasteiger partial charge in [-0.25, -0.2) is 0 Å². The minimum Gasteiger partial charge on any atom is -0.458 e. The fourth-order valence-electron chi connectivity index (χ4n) is 4.03. The van der Waals surface area contributed by atoms with Gasteiger partial charge in [-0.1, -0.05) is 30.7 Å². The molecule has 3 heterocycles. The van der Waals surface area contributed by atoms with Crippen molar-refractivity contribution >= 4 is 28.3 Å². The van der Waals surface area contributed by atoms with E-state index in [-0.39, 0.29) is 5.91 Å². The number of furan rings is 1. The third-order valence-electron chi connectivity index (χ3n) is 5.88. The average Bonchev–Trinajstić information content (AvgIpc) is 3.31. The van der Waals surface area contributed by atoms with Crippen molar-refractivity contribution in [2.24, 2.45) is 4.99 Å². The molecule has 0 atom stereocenters. The summed E-state index contributed by atoms with van der Waals surface area (Å²) in [5, 5.41) is 16.4. The van der Waals surface area contributed by atoms with Crippen LogP contribution in [0.4, 0.5) is 5.69 Å². The number of hydrogen-bond donors (Lipinski definition) is 2. The maximum Gasteiger partial charge on any atom is 0.290 e. The number of rotatable bonds is 8. The third kappa shape index (κ3) is 6.11. The average molecular weight is 460 g/mol. The van der Waals surface area contributed by atoms with Gasteiger partial charge in [0.05, 0.1) is 6.26 Å². The standard InChI is InChI=1S/C25H29N7O2/c26-19-29-25(30-21-8-11-27-12-9-21)28-10-4-1-5-13-31-14-16-32(17-15-31)24(33)23-22-7-3-2-6-20(22)18-34-23/h2-3,6-9,11-12,18H,1,4-5,10,13-17H2,(H2,27,28,29,30). The van der Waals surface area contributed by atoms with Gasteiger partial charge in [-0.05, 0) is 31.5 Å². The van der Waals surface area contributed by atoms with Crippen LogP contribution in [0.3, 0.4) is 0 Å². The number of fused-ring (bicyclic) bond motifs is 1. The molecule has 1 aliphatic heterocycles. The lowest BCUT2D eigenvalue weighted by atomic mass is 10.1. The summed E-state index contributed by atoms with van der Waals surface area (Å²) in [7, 11) is 0. The molecule has 1 fully saturated rings. The zero-order valence-electron chi connectivity index (χ0n) is 19.1. The lowest BCUT2D eigenvalue weighted by Gasteiger charge is -2.34. The van der Waals surface area contributed by atoms with Crippen LogP contribution in [0, 0.1) is 11.5 Å². The van der Waals surface area contributed by atoms with Crippen LogP contribution < -0.4 is 10.6 Å². The maximum atomic E-state index is 12.9. The predicted molar refractivity (Wildman–Crippen MR) is 131 cm³/mol. The van der Waals surface area contributed by atoms with Crippen molar-refractivity contribution in [2.75, 3.05) is 44.6 Å². The summed E-state index contributed by atoms with van der Waals surface area (Å²) in [5.74, 6) is 0.855. The van der Waals surface area contributed by atoms with E-state index in [0.717, 1.165) is 55.4 Å². The Morgan fingerprint density at radius 1 is 1.09 bits per heavy atom. The molecule has 3 aromatic rings. The van der Waals surface area contributed by atoms with E-state index in [2.05, 4.69) is 25.5 Å². The Kier molecular flexibility index (Phi) is 8.08. The van der Waals surface area contributed by atoms with Gasteiger partial charge in [-0.3, -0.25) is 25.0 Å². The highest BCUT2D eigenvalue weighted by Crippen LogP contribution is 2.22. The number of carbonyl (C=O) groups excluding carboxylic acids is 1. The second kappa shape index (κ2) is 11.8. The van der Waals surface area contributed by atoms with Crippen LogP contribution in [0.15, 0.2) is 64.5 Å². The molecule has 9 nitrogen and oxygen atoms in total. The number of anilines is 1. The van der Waals surface area contributed by atoms with Crippen LogP contribution in [-0.2, 0) is 0 Å². The quantitative estimate of drug-likeness (QED) is 0.175. The summed E-state index contributed by atoms with van der Waals surface area (Å²) in [4.78, 5) is 25.6. The Morgan fingerprint density at radius 3 is 2.68 bits per heavy atom. The number of hydrogen-bond acceptors (Lipinski definition) is 6. The number of nitrogens with zero attached hydrogens (tertiary/aromatic N) is 5. The van der Waals surface area contributed by atoms with Gasteiger partial charge in [0.25, 0.3) is 5.91 Å². The van der Waals surface area contributed by atoms with Gasteiger partial charge in [-0.2, -0.15) is 5.26 Å². The van der Waals surface area contributed by atoms with E-state index in [1.54, 1.807) is 18.7 Å². The van der Waals surface area contributed by atoms with Crippen LogP contribution in [0.5, 0.6) is 0 Å². The second-order valence-electron chi connectivity index (χ2n) is 8.17. The van der Waals surface area contributed by atoms with Crippen molar-refractivity contribution in [2.45, 2.75) is 19.3 Å². The Balaban J connectivity index is 1.14. The maximum absolute atomic E-state index is 12.9. The molecule has 2 aromatic heterocycles. The topological polar surface area (TPSA) is 110 Å². The fourth-order valence-corrected chi connectivity index (χ4v) is 4.03. The highest BCUT2D eigenvalue weighted by atomic mass is 16.3. The highest BCUT2D eigenvalue weighted by molar-refractivity contribution is 6.04. The van der Waals surface area contributed by atoms with E-state index >= 15 is 0 Å². The minimum absolute atomic E-state index is 0.0270. The molecule has 2 N–H and O–H groups in total. The van der Waals surface area contributed by atoms with Gasteiger partial charge in [-0.15, -0.1) is 0 Å². The van der Waals surface area contributed by atoms with Crippen molar-refractivity contribution in [1.82, 2.24) is 20.1 Å². The molecule has 0 spiro atoms. The molecule has 0 bridgehead atoms. The van der Waals surface area contributed by atoms with E-state index in [9.17, 15) is 4.79 Å². The molecule has 1 aliphatic rings.